The van der Waals surface area contributed by atoms with Gasteiger partial charge in [0.1, 0.15) is 16.9 Å². The molecule has 0 saturated carbocycles. The number of carbonyl (C=O) groups is 1. The van der Waals surface area contributed by atoms with Crippen LogP contribution in [0.5, 0.6) is 0 Å². The van der Waals surface area contributed by atoms with E-state index in [9.17, 15) is 4.79 Å². The first-order valence-corrected chi connectivity index (χ1v) is 17.2. The highest BCUT2D eigenvalue weighted by Gasteiger charge is 2.41. The van der Waals surface area contributed by atoms with E-state index in [0.29, 0.717) is 18.7 Å². The molecular weight excluding hydrogens is 629 g/mol. The summed E-state index contributed by atoms with van der Waals surface area (Å²) in [5.41, 5.74) is 8.48. The van der Waals surface area contributed by atoms with Crippen molar-refractivity contribution >= 4 is 28.2 Å². The Morgan fingerprint density at radius 2 is 1.31 bits per heavy atom. The smallest absolute Gasteiger partial charge is 0.266 e. The van der Waals surface area contributed by atoms with Gasteiger partial charge in [0.15, 0.2) is 0 Å². The normalized spacial score (nSPS) is 13.2. The molecule has 0 unspecified atom stereocenters. The van der Waals surface area contributed by atoms with Crippen molar-refractivity contribution in [1.29, 1.82) is 0 Å². The van der Waals surface area contributed by atoms with Gasteiger partial charge in [-0.3, -0.25) is 9.78 Å². The highest BCUT2D eigenvalue weighted by atomic mass is 16.2. The van der Waals surface area contributed by atoms with E-state index in [0.717, 1.165) is 55.7 Å². The predicted molar refractivity (Wildman–Crippen MR) is 204 cm³/mol. The lowest BCUT2D eigenvalue weighted by molar-refractivity contribution is -0.115. The summed E-state index contributed by atoms with van der Waals surface area (Å²) in [7, 11) is 4.03. The number of benzene rings is 5. The third-order valence-electron chi connectivity index (χ3n) is 9.66. The molecule has 1 N–H and O–H groups in total. The molecule has 1 aliphatic rings. The molecule has 7 heteroatoms. The van der Waals surface area contributed by atoms with E-state index in [1.54, 1.807) is 12.4 Å². The standard InChI is InChI=1S/C44H38N6O/c1-49(2)30-40(31-15-7-3-8-16-31)47-43(51)39-27-33-28-41-37(29-38(33)46-39)42(32-23-25-45-26-24-32)48-50(41)44(34-17-9-4-10-18-34,35-19-11-5-12-20-35)36-21-13-6-14-22-36/h3-26,28-29,40H,27,30H2,1-2H3,(H,47,51)/t40-/m1/s1. The third kappa shape index (κ3) is 5.92. The van der Waals surface area contributed by atoms with E-state index in [1.165, 1.54) is 0 Å². The second kappa shape index (κ2) is 13.6. The van der Waals surface area contributed by atoms with Crippen molar-refractivity contribution in [1.82, 2.24) is 25.0 Å². The van der Waals surface area contributed by atoms with Crippen LogP contribution in [0.4, 0.5) is 5.69 Å². The van der Waals surface area contributed by atoms with E-state index in [-0.39, 0.29) is 11.9 Å². The first-order chi connectivity index (χ1) is 25.0. The van der Waals surface area contributed by atoms with Gasteiger partial charge in [-0.1, -0.05) is 121 Å². The molecule has 7 aromatic rings. The monoisotopic (exact) mass is 666 g/mol. The van der Waals surface area contributed by atoms with Crippen LogP contribution in [-0.2, 0) is 16.8 Å². The summed E-state index contributed by atoms with van der Waals surface area (Å²) in [5, 5.41) is 9.74. The zero-order chi connectivity index (χ0) is 34.8. The Bertz CT molecular complexity index is 2220. The van der Waals surface area contributed by atoms with Crippen molar-refractivity contribution in [2.24, 2.45) is 4.99 Å². The first kappa shape index (κ1) is 32.0. The van der Waals surface area contributed by atoms with Crippen LogP contribution in [0, 0.1) is 0 Å². The summed E-state index contributed by atoms with van der Waals surface area (Å²) in [4.78, 5) is 25.2. The van der Waals surface area contributed by atoms with Gasteiger partial charge in [0.25, 0.3) is 5.91 Å². The molecule has 2 aromatic heterocycles. The maximum atomic E-state index is 13.9. The fraction of sp³-hybridized carbons (Fsp3) is 0.136. The molecule has 51 heavy (non-hydrogen) atoms. The average Bonchev–Trinajstić information content (AvgIpc) is 3.77. The number of nitrogens with one attached hydrogen (secondary N) is 1. The average molecular weight is 667 g/mol. The van der Waals surface area contributed by atoms with Crippen LogP contribution in [0.25, 0.3) is 22.2 Å². The Kier molecular flexibility index (Phi) is 8.56. The molecule has 7 nitrogen and oxygen atoms in total. The molecule has 0 spiro atoms. The van der Waals surface area contributed by atoms with Gasteiger partial charge in [-0.2, -0.15) is 5.10 Å². The number of rotatable bonds is 10. The number of aromatic nitrogens is 3. The number of aliphatic imine (C=N–C) groups is 1. The minimum absolute atomic E-state index is 0.158. The van der Waals surface area contributed by atoms with Crippen molar-refractivity contribution < 1.29 is 4.79 Å². The van der Waals surface area contributed by atoms with Crippen LogP contribution < -0.4 is 5.32 Å². The second-order valence-corrected chi connectivity index (χ2v) is 13.2. The Balaban J connectivity index is 1.31. The van der Waals surface area contributed by atoms with E-state index >= 15 is 0 Å². The van der Waals surface area contributed by atoms with Gasteiger partial charge in [0.05, 0.1) is 17.2 Å². The van der Waals surface area contributed by atoms with Crippen LogP contribution in [0.3, 0.4) is 0 Å². The van der Waals surface area contributed by atoms with Crippen LogP contribution in [0.2, 0.25) is 0 Å². The largest absolute Gasteiger partial charge is 0.343 e. The fourth-order valence-electron chi connectivity index (χ4n) is 7.34. The van der Waals surface area contributed by atoms with Crippen LogP contribution in [-0.4, -0.2) is 51.9 Å². The number of fused-ring (bicyclic) bond motifs is 2. The minimum Gasteiger partial charge on any atom is -0.343 e. The zero-order valence-corrected chi connectivity index (χ0v) is 28.6. The van der Waals surface area contributed by atoms with E-state index in [2.05, 4.69) is 117 Å². The number of carbonyl (C=O) groups excluding carboxylic acids is 1. The summed E-state index contributed by atoms with van der Waals surface area (Å²) in [6.07, 6.45) is 4.01. The Hall–Kier alpha value is -6.18. The Labute approximate surface area is 298 Å². The number of hydrogen-bond acceptors (Lipinski definition) is 5. The van der Waals surface area contributed by atoms with Gasteiger partial charge < -0.3 is 10.2 Å². The lowest BCUT2D eigenvalue weighted by Crippen LogP contribution is -2.39. The summed E-state index contributed by atoms with van der Waals surface area (Å²) in [5.74, 6) is -0.158. The minimum atomic E-state index is -0.823. The van der Waals surface area contributed by atoms with Crippen molar-refractivity contribution in [3.63, 3.8) is 0 Å². The summed E-state index contributed by atoms with van der Waals surface area (Å²) in [6.45, 7) is 0.672. The van der Waals surface area contributed by atoms with Gasteiger partial charge >= 0.3 is 0 Å². The highest BCUT2D eigenvalue weighted by Crippen LogP contribution is 2.45. The molecule has 5 aromatic carbocycles. The number of hydrogen-bond donors (Lipinski definition) is 1. The summed E-state index contributed by atoms with van der Waals surface area (Å²) in [6, 6.07) is 49.9. The molecule has 0 radical (unpaired) electrons. The van der Waals surface area contributed by atoms with Gasteiger partial charge in [0.2, 0.25) is 0 Å². The molecule has 0 fully saturated rings. The number of pyridine rings is 1. The van der Waals surface area contributed by atoms with Crippen LogP contribution in [0.15, 0.2) is 163 Å². The SMILES string of the molecule is CN(C)C[C@@H](NC(=O)C1=Nc2cc3c(-c4ccncc4)nn(C(c4ccccc4)(c4ccccc4)c4ccccc4)c3cc2C1)c1ccccc1. The summed E-state index contributed by atoms with van der Waals surface area (Å²) < 4.78 is 2.18. The molecule has 0 bridgehead atoms. The number of amides is 1. The number of likely N-dealkylation sites (N-methyl/N-ethyl adjacent to an activating group) is 1. The van der Waals surface area contributed by atoms with Gasteiger partial charge in [-0.25, -0.2) is 9.67 Å². The highest BCUT2D eigenvalue weighted by molar-refractivity contribution is 6.41. The Morgan fingerprint density at radius 3 is 1.86 bits per heavy atom. The second-order valence-electron chi connectivity index (χ2n) is 13.2. The van der Waals surface area contributed by atoms with Gasteiger partial charge in [-0.05, 0) is 66.2 Å². The molecule has 0 saturated heterocycles. The van der Waals surface area contributed by atoms with Crippen molar-refractivity contribution in [3.05, 3.63) is 186 Å². The topological polar surface area (TPSA) is 75.4 Å². The van der Waals surface area contributed by atoms with Crippen LogP contribution >= 0.6 is 0 Å². The van der Waals surface area contributed by atoms with E-state index in [1.807, 2.05) is 62.6 Å². The van der Waals surface area contributed by atoms with Crippen molar-refractivity contribution in [2.75, 3.05) is 20.6 Å². The molecule has 1 aliphatic heterocycles. The molecule has 1 atom stereocenters. The zero-order valence-electron chi connectivity index (χ0n) is 28.6. The molecule has 0 aliphatic carbocycles. The van der Waals surface area contributed by atoms with E-state index < -0.39 is 5.54 Å². The fourth-order valence-corrected chi connectivity index (χ4v) is 7.34. The lowest BCUT2D eigenvalue weighted by atomic mass is 9.77. The molecule has 250 valence electrons. The quantitative estimate of drug-likeness (QED) is 0.150. The van der Waals surface area contributed by atoms with Gasteiger partial charge in [-0.15, -0.1) is 0 Å². The lowest BCUT2D eigenvalue weighted by Gasteiger charge is -2.37. The molecule has 3 heterocycles. The number of nitrogens with zero attached hydrogens (tertiary/aromatic N) is 5. The Morgan fingerprint density at radius 1 is 0.765 bits per heavy atom. The maximum Gasteiger partial charge on any atom is 0.266 e. The third-order valence-corrected chi connectivity index (χ3v) is 9.66. The predicted octanol–water partition coefficient (Wildman–Crippen LogP) is 7.99. The van der Waals surface area contributed by atoms with E-state index in [4.69, 9.17) is 10.1 Å². The molecule has 8 rings (SSSR count). The van der Waals surface area contributed by atoms with Gasteiger partial charge in [0, 0.05) is 36.3 Å². The molecule has 1 amide bonds. The maximum absolute atomic E-state index is 13.9. The first-order valence-electron chi connectivity index (χ1n) is 17.2. The van der Waals surface area contributed by atoms with Crippen molar-refractivity contribution in [2.45, 2.75) is 18.0 Å². The van der Waals surface area contributed by atoms with Crippen LogP contribution in [0.1, 0.15) is 33.9 Å². The molecular formula is C44H38N6O. The summed E-state index contributed by atoms with van der Waals surface area (Å²) >= 11 is 0. The van der Waals surface area contributed by atoms with Crippen molar-refractivity contribution in [3.8, 4) is 11.3 Å².